The number of benzene rings is 1. The third kappa shape index (κ3) is 4.10. The van der Waals surface area contributed by atoms with Gasteiger partial charge in [-0.25, -0.2) is 0 Å². The number of amides is 1. The molecule has 0 bridgehead atoms. The van der Waals surface area contributed by atoms with Crippen LogP contribution in [0.15, 0.2) is 36.7 Å². The van der Waals surface area contributed by atoms with E-state index in [9.17, 15) is 4.79 Å². The fraction of sp³-hybridized carbons (Fsp3) is 0.286. The second-order valence-electron chi connectivity index (χ2n) is 4.40. The highest BCUT2D eigenvalue weighted by molar-refractivity contribution is 6.30. The van der Waals surface area contributed by atoms with Crippen LogP contribution in [0.25, 0.3) is 0 Å². The number of nitrogens with one attached hydrogen (secondary N) is 1. The summed E-state index contributed by atoms with van der Waals surface area (Å²) >= 11 is 5.77. The van der Waals surface area contributed by atoms with Gasteiger partial charge in [0.05, 0.1) is 11.2 Å². The van der Waals surface area contributed by atoms with E-state index in [0.29, 0.717) is 17.1 Å². The van der Waals surface area contributed by atoms with Crippen molar-refractivity contribution in [1.29, 1.82) is 0 Å². The second-order valence-corrected chi connectivity index (χ2v) is 4.84. The van der Waals surface area contributed by atoms with E-state index in [1.807, 2.05) is 31.2 Å². The molecule has 0 saturated carbocycles. The van der Waals surface area contributed by atoms with E-state index in [1.165, 1.54) is 0 Å². The fourth-order valence-electron chi connectivity index (χ4n) is 1.79. The average Bonchev–Trinajstić information content (AvgIpc) is 2.80. The number of halogens is 1. The molecule has 0 saturated heterocycles. The third-order valence-electron chi connectivity index (χ3n) is 2.73. The van der Waals surface area contributed by atoms with Crippen LogP contribution in [-0.4, -0.2) is 22.2 Å². The lowest BCUT2D eigenvalue weighted by Gasteiger charge is -2.06. The smallest absolute Gasteiger partial charge is 0.251 e. The lowest BCUT2D eigenvalue weighted by Crippen LogP contribution is -2.25. The Hall–Kier alpha value is -1.81. The van der Waals surface area contributed by atoms with Gasteiger partial charge in [0, 0.05) is 24.8 Å². The summed E-state index contributed by atoms with van der Waals surface area (Å²) in [6, 6.07) is 7.55. The molecule has 1 heterocycles. The Morgan fingerprint density at radius 1 is 1.47 bits per heavy atom. The van der Waals surface area contributed by atoms with Gasteiger partial charge in [-0.2, -0.15) is 5.10 Å². The molecular weight excluding hydrogens is 262 g/mol. The summed E-state index contributed by atoms with van der Waals surface area (Å²) in [5.74, 6) is -0.0396. The molecule has 1 aromatic heterocycles. The van der Waals surface area contributed by atoms with Crippen LogP contribution in [0.3, 0.4) is 0 Å². The number of nitrogens with zero attached hydrogens (tertiary/aromatic N) is 2. The Balaban J connectivity index is 1.75. The van der Waals surface area contributed by atoms with Crippen LogP contribution in [-0.2, 0) is 6.54 Å². The fourth-order valence-corrected chi connectivity index (χ4v) is 1.95. The maximum Gasteiger partial charge on any atom is 0.251 e. The van der Waals surface area contributed by atoms with E-state index in [0.717, 1.165) is 18.5 Å². The molecule has 100 valence electrons. The highest BCUT2D eigenvalue weighted by Gasteiger charge is 2.04. The normalized spacial score (nSPS) is 10.4. The second kappa shape index (κ2) is 6.38. The minimum Gasteiger partial charge on any atom is -0.352 e. The highest BCUT2D eigenvalue weighted by Crippen LogP contribution is 2.05. The zero-order chi connectivity index (χ0) is 13.7. The first kappa shape index (κ1) is 13.6. The molecule has 0 aliphatic rings. The summed E-state index contributed by atoms with van der Waals surface area (Å²) in [6.45, 7) is 3.32. The number of carbonyl (C=O) groups is 1. The number of hydrogen-bond donors (Lipinski definition) is 1. The first-order valence-electron chi connectivity index (χ1n) is 6.18. The topological polar surface area (TPSA) is 46.9 Å². The zero-order valence-electron chi connectivity index (χ0n) is 10.8. The van der Waals surface area contributed by atoms with Gasteiger partial charge in [0.2, 0.25) is 0 Å². The summed E-state index contributed by atoms with van der Waals surface area (Å²) in [5.41, 5.74) is 1.78. The predicted octanol–water partition coefficient (Wildman–Crippen LogP) is 2.67. The molecule has 4 nitrogen and oxygen atoms in total. The van der Waals surface area contributed by atoms with Crippen LogP contribution in [0.1, 0.15) is 22.3 Å². The van der Waals surface area contributed by atoms with Gasteiger partial charge in [-0.3, -0.25) is 9.48 Å². The van der Waals surface area contributed by atoms with Crippen LogP contribution in [0, 0.1) is 6.92 Å². The molecule has 2 rings (SSSR count). The van der Waals surface area contributed by atoms with Gasteiger partial charge in [-0.05, 0) is 25.5 Å². The van der Waals surface area contributed by atoms with Crippen molar-refractivity contribution >= 4 is 17.5 Å². The Bertz CT molecular complexity index is 565. The summed E-state index contributed by atoms with van der Waals surface area (Å²) in [7, 11) is 0. The number of aromatic nitrogens is 2. The molecule has 0 unspecified atom stereocenters. The minimum absolute atomic E-state index is 0.0396. The van der Waals surface area contributed by atoms with Gasteiger partial charge in [-0.1, -0.05) is 29.3 Å². The number of aryl methyl sites for hydroxylation is 2. The van der Waals surface area contributed by atoms with Crippen molar-refractivity contribution < 1.29 is 4.79 Å². The quantitative estimate of drug-likeness (QED) is 0.854. The molecule has 0 spiro atoms. The third-order valence-corrected chi connectivity index (χ3v) is 2.93. The first-order chi connectivity index (χ1) is 9.15. The summed E-state index contributed by atoms with van der Waals surface area (Å²) in [5, 5.41) is 7.59. The lowest BCUT2D eigenvalue weighted by molar-refractivity contribution is 0.0952. The van der Waals surface area contributed by atoms with Crippen LogP contribution < -0.4 is 5.32 Å². The van der Waals surface area contributed by atoms with Crippen molar-refractivity contribution in [3.8, 4) is 0 Å². The molecule has 0 fully saturated rings. The molecule has 1 aromatic carbocycles. The standard InChI is InChI=1S/C14H16ClN3O/c1-11-4-2-5-12(8-11)14(19)16-6-3-7-18-10-13(15)9-17-18/h2,4-5,8-10H,3,6-7H2,1H3,(H,16,19). The molecule has 0 radical (unpaired) electrons. The monoisotopic (exact) mass is 277 g/mol. The molecule has 5 heteroatoms. The van der Waals surface area contributed by atoms with Gasteiger partial charge in [0.15, 0.2) is 0 Å². The van der Waals surface area contributed by atoms with Gasteiger partial charge < -0.3 is 5.32 Å². The molecule has 2 aromatic rings. The van der Waals surface area contributed by atoms with E-state index >= 15 is 0 Å². The molecule has 0 atom stereocenters. The molecule has 19 heavy (non-hydrogen) atoms. The van der Waals surface area contributed by atoms with E-state index in [1.54, 1.807) is 17.1 Å². The Morgan fingerprint density at radius 2 is 2.32 bits per heavy atom. The summed E-state index contributed by atoms with van der Waals surface area (Å²) < 4.78 is 1.77. The van der Waals surface area contributed by atoms with Crippen LogP contribution in [0.4, 0.5) is 0 Å². The van der Waals surface area contributed by atoms with Gasteiger partial charge in [-0.15, -0.1) is 0 Å². The number of carbonyl (C=O) groups excluding carboxylic acids is 1. The lowest BCUT2D eigenvalue weighted by atomic mass is 10.1. The van der Waals surface area contributed by atoms with E-state index < -0.39 is 0 Å². The van der Waals surface area contributed by atoms with Crippen molar-refractivity contribution in [2.45, 2.75) is 19.9 Å². The maximum atomic E-state index is 11.9. The molecule has 0 aliphatic heterocycles. The maximum absolute atomic E-state index is 11.9. The molecular formula is C14H16ClN3O. The number of hydrogen-bond acceptors (Lipinski definition) is 2. The number of rotatable bonds is 5. The van der Waals surface area contributed by atoms with Crippen molar-refractivity contribution in [3.63, 3.8) is 0 Å². The SMILES string of the molecule is Cc1cccc(C(=O)NCCCn2cc(Cl)cn2)c1. The summed E-state index contributed by atoms with van der Waals surface area (Å²) in [6.07, 6.45) is 4.19. The zero-order valence-corrected chi connectivity index (χ0v) is 11.5. The highest BCUT2D eigenvalue weighted by atomic mass is 35.5. The largest absolute Gasteiger partial charge is 0.352 e. The predicted molar refractivity (Wildman–Crippen MR) is 75.4 cm³/mol. The Kier molecular flexibility index (Phi) is 4.58. The van der Waals surface area contributed by atoms with Crippen molar-refractivity contribution in [1.82, 2.24) is 15.1 Å². The molecule has 0 aliphatic carbocycles. The van der Waals surface area contributed by atoms with E-state index in [2.05, 4.69) is 10.4 Å². The van der Waals surface area contributed by atoms with Crippen LogP contribution >= 0.6 is 11.6 Å². The van der Waals surface area contributed by atoms with Crippen molar-refractivity contribution in [2.75, 3.05) is 6.54 Å². The summed E-state index contributed by atoms with van der Waals surface area (Å²) in [4.78, 5) is 11.9. The van der Waals surface area contributed by atoms with Crippen molar-refractivity contribution in [2.24, 2.45) is 0 Å². The van der Waals surface area contributed by atoms with Gasteiger partial charge >= 0.3 is 0 Å². The van der Waals surface area contributed by atoms with E-state index in [4.69, 9.17) is 11.6 Å². The average molecular weight is 278 g/mol. The van der Waals surface area contributed by atoms with Gasteiger partial charge in [0.25, 0.3) is 5.91 Å². The Morgan fingerprint density at radius 3 is 3.00 bits per heavy atom. The van der Waals surface area contributed by atoms with E-state index in [-0.39, 0.29) is 5.91 Å². The first-order valence-corrected chi connectivity index (χ1v) is 6.56. The molecule has 1 amide bonds. The minimum atomic E-state index is -0.0396. The molecule has 1 N–H and O–H groups in total. The Labute approximate surface area is 117 Å². The van der Waals surface area contributed by atoms with Gasteiger partial charge in [0.1, 0.15) is 0 Å². The van der Waals surface area contributed by atoms with Crippen molar-refractivity contribution in [3.05, 3.63) is 52.8 Å². The van der Waals surface area contributed by atoms with Crippen LogP contribution in [0.2, 0.25) is 5.02 Å². The van der Waals surface area contributed by atoms with Crippen LogP contribution in [0.5, 0.6) is 0 Å².